The number of hydrogen-bond donors (Lipinski definition) is 0. The van der Waals surface area contributed by atoms with Crippen molar-refractivity contribution in [1.29, 1.82) is 0 Å². The molecule has 8 unspecified atom stereocenters. The van der Waals surface area contributed by atoms with Crippen molar-refractivity contribution < 1.29 is 4.74 Å². The molecule has 8 atom stereocenters. The number of benzene rings is 2. The second-order valence-corrected chi connectivity index (χ2v) is 13.2. The second kappa shape index (κ2) is 7.93. The third kappa shape index (κ3) is 2.94. The summed E-state index contributed by atoms with van der Waals surface area (Å²) >= 11 is 2.43. The third-order valence-corrected chi connectivity index (χ3v) is 12.0. The lowest BCUT2D eigenvalue weighted by Gasteiger charge is -2.53. The standard InChI is InChI=1S/C30H36N2OS/c1-4-12-26-23(9-1)31(24-10-2-5-13-27(24)33-26)19-16-17-22-21(18-19)20-8-7-15-29-30(20)32(22)25-11-3-6-14-28(25)34-29/h1-2,4-5,9-10,12-13,19-22,25,28-30H,3,6-8,11,14-18H2. The van der Waals surface area contributed by atoms with Crippen LogP contribution in [0, 0.1) is 11.8 Å². The maximum atomic E-state index is 6.33. The highest BCUT2D eigenvalue weighted by Crippen LogP contribution is 2.59. The van der Waals surface area contributed by atoms with Gasteiger partial charge in [-0.15, -0.1) is 0 Å². The Balaban J connectivity index is 1.15. The molecule has 6 aliphatic rings. The molecule has 2 saturated heterocycles. The Morgan fingerprint density at radius 1 is 0.676 bits per heavy atom. The number of para-hydroxylation sites is 4. The number of anilines is 2. The summed E-state index contributed by atoms with van der Waals surface area (Å²) in [6.45, 7) is 0. The summed E-state index contributed by atoms with van der Waals surface area (Å²) in [5.41, 5.74) is 2.54. The van der Waals surface area contributed by atoms with E-state index in [-0.39, 0.29) is 0 Å². The molecular formula is C30H36N2OS. The van der Waals surface area contributed by atoms with Crippen molar-refractivity contribution in [3.8, 4) is 11.5 Å². The SMILES string of the molecule is c1ccc2c(c1)Oc1ccccc1N2C1CCC2C(C1)C1CCCC3SC4CCCCC4N2C31. The lowest BCUT2D eigenvalue weighted by molar-refractivity contribution is 0.0608. The van der Waals surface area contributed by atoms with Crippen molar-refractivity contribution in [1.82, 2.24) is 4.90 Å². The fraction of sp³-hybridized carbons (Fsp3) is 0.600. The van der Waals surface area contributed by atoms with Gasteiger partial charge in [-0.2, -0.15) is 11.8 Å². The van der Waals surface area contributed by atoms with E-state index in [9.17, 15) is 0 Å². The van der Waals surface area contributed by atoms with E-state index in [2.05, 4.69) is 70.1 Å². The topological polar surface area (TPSA) is 15.7 Å². The Morgan fingerprint density at radius 2 is 1.41 bits per heavy atom. The molecule has 0 radical (unpaired) electrons. The van der Waals surface area contributed by atoms with Gasteiger partial charge in [0, 0.05) is 34.7 Å². The van der Waals surface area contributed by atoms with Gasteiger partial charge in [0.25, 0.3) is 0 Å². The molecule has 0 bridgehead atoms. The summed E-state index contributed by atoms with van der Waals surface area (Å²) in [6, 6.07) is 20.6. The number of thioether (sulfide) groups is 1. The lowest BCUT2D eigenvalue weighted by Crippen LogP contribution is -2.59. The summed E-state index contributed by atoms with van der Waals surface area (Å²) in [5, 5.41) is 1.83. The monoisotopic (exact) mass is 472 g/mol. The normalized spacial score (nSPS) is 40.3. The molecule has 3 aliphatic carbocycles. The van der Waals surface area contributed by atoms with Gasteiger partial charge in [-0.25, -0.2) is 0 Å². The van der Waals surface area contributed by atoms with Crippen LogP contribution in [0.25, 0.3) is 0 Å². The molecular weight excluding hydrogens is 436 g/mol. The van der Waals surface area contributed by atoms with Gasteiger partial charge in [0.05, 0.1) is 11.4 Å². The fourth-order valence-corrected chi connectivity index (χ4v) is 11.1. The number of ether oxygens (including phenoxy) is 1. The molecule has 0 aromatic heterocycles. The van der Waals surface area contributed by atoms with E-state index in [0.29, 0.717) is 6.04 Å². The van der Waals surface area contributed by atoms with Crippen molar-refractivity contribution in [2.75, 3.05) is 4.90 Å². The minimum atomic E-state index is 0.573. The Morgan fingerprint density at radius 3 is 2.24 bits per heavy atom. The van der Waals surface area contributed by atoms with Crippen molar-refractivity contribution >= 4 is 23.1 Å². The first-order valence-electron chi connectivity index (χ1n) is 13.9. The molecule has 8 rings (SSSR count). The molecule has 3 nitrogen and oxygen atoms in total. The average Bonchev–Trinajstić information content (AvgIpc) is 3.23. The third-order valence-electron chi connectivity index (χ3n) is 10.2. The molecule has 2 aromatic carbocycles. The van der Waals surface area contributed by atoms with E-state index in [0.717, 1.165) is 52.0 Å². The van der Waals surface area contributed by atoms with Crippen LogP contribution in [0.1, 0.15) is 64.2 Å². The van der Waals surface area contributed by atoms with Crippen LogP contribution in [0.2, 0.25) is 0 Å². The van der Waals surface area contributed by atoms with Crippen LogP contribution in [0.15, 0.2) is 48.5 Å². The Bertz CT molecular complexity index is 1040. The van der Waals surface area contributed by atoms with Crippen molar-refractivity contribution in [2.24, 2.45) is 11.8 Å². The highest BCUT2D eigenvalue weighted by Gasteiger charge is 2.60. The molecule has 3 heterocycles. The van der Waals surface area contributed by atoms with E-state index >= 15 is 0 Å². The first-order chi connectivity index (χ1) is 16.9. The van der Waals surface area contributed by atoms with Gasteiger partial charge in [-0.3, -0.25) is 4.90 Å². The minimum Gasteiger partial charge on any atom is -0.453 e. The van der Waals surface area contributed by atoms with Crippen molar-refractivity contribution in [3.63, 3.8) is 0 Å². The van der Waals surface area contributed by atoms with Gasteiger partial charge >= 0.3 is 0 Å². The van der Waals surface area contributed by atoms with Crippen LogP contribution in [-0.2, 0) is 0 Å². The molecule has 2 aromatic rings. The van der Waals surface area contributed by atoms with Crippen LogP contribution >= 0.6 is 11.8 Å². The van der Waals surface area contributed by atoms with Gasteiger partial charge in [-0.1, -0.05) is 43.5 Å². The molecule has 34 heavy (non-hydrogen) atoms. The summed E-state index contributed by atoms with van der Waals surface area (Å²) in [6.07, 6.45) is 14.3. The van der Waals surface area contributed by atoms with E-state index in [4.69, 9.17) is 4.74 Å². The minimum absolute atomic E-state index is 0.573. The van der Waals surface area contributed by atoms with E-state index in [1.807, 2.05) is 0 Å². The number of rotatable bonds is 1. The van der Waals surface area contributed by atoms with Crippen LogP contribution < -0.4 is 9.64 Å². The second-order valence-electron chi connectivity index (χ2n) is 11.7. The highest BCUT2D eigenvalue weighted by atomic mass is 32.2. The van der Waals surface area contributed by atoms with E-state index < -0.39 is 0 Å². The molecule has 0 spiro atoms. The quantitative estimate of drug-likeness (QED) is 0.430. The zero-order valence-corrected chi connectivity index (χ0v) is 20.8. The molecule has 4 heteroatoms. The number of hydrogen-bond acceptors (Lipinski definition) is 4. The summed E-state index contributed by atoms with van der Waals surface area (Å²) in [5.74, 6) is 3.83. The molecule has 3 saturated carbocycles. The zero-order valence-electron chi connectivity index (χ0n) is 20.0. The Kier molecular flexibility index (Phi) is 4.79. The van der Waals surface area contributed by atoms with Gasteiger partial charge in [0.1, 0.15) is 0 Å². The van der Waals surface area contributed by atoms with Crippen LogP contribution in [0.4, 0.5) is 11.4 Å². The molecule has 0 N–H and O–H groups in total. The zero-order chi connectivity index (χ0) is 22.2. The Hall–Kier alpha value is -1.65. The Labute approximate surface area is 208 Å². The molecule has 0 amide bonds. The average molecular weight is 473 g/mol. The van der Waals surface area contributed by atoms with E-state index in [1.54, 1.807) is 0 Å². The van der Waals surface area contributed by atoms with Gasteiger partial charge in [0.2, 0.25) is 0 Å². The van der Waals surface area contributed by atoms with Crippen LogP contribution in [0.3, 0.4) is 0 Å². The maximum Gasteiger partial charge on any atom is 0.151 e. The number of fused-ring (bicyclic) bond motifs is 7. The molecule has 178 valence electrons. The van der Waals surface area contributed by atoms with Gasteiger partial charge < -0.3 is 9.64 Å². The lowest BCUT2D eigenvalue weighted by atomic mass is 9.71. The largest absolute Gasteiger partial charge is 0.453 e. The summed E-state index contributed by atoms with van der Waals surface area (Å²) in [4.78, 5) is 5.84. The predicted molar refractivity (Wildman–Crippen MR) is 140 cm³/mol. The van der Waals surface area contributed by atoms with E-state index in [1.165, 1.54) is 75.6 Å². The predicted octanol–water partition coefficient (Wildman–Crippen LogP) is 7.38. The van der Waals surface area contributed by atoms with Crippen molar-refractivity contribution in [3.05, 3.63) is 48.5 Å². The first kappa shape index (κ1) is 20.5. The van der Waals surface area contributed by atoms with Crippen LogP contribution in [0.5, 0.6) is 11.5 Å². The van der Waals surface area contributed by atoms with Gasteiger partial charge in [-0.05, 0) is 81.0 Å². The number of nitrogens with zero attached hydrogens (tertiary/aromatic N) is 2. The summed E-state index contributed by atoms with van der Waals surface area (Å²) < 4.78 is 6.33. The maximum absolute atomic E-state index is 6.33. The van der Waals surface area contributed by atoms with Crippen molar-refractivity contribution in [2.45, 2.75) is 98.9 Å². The first-order valence-corrected chi connectivity index (χ1v) is 14.9. The smallest absolute Gasteiger partial charge is 0.151 e. The van der Waals surface area contributed by atoms with Crippen LogP contribution in [-0.4, -0.2) is 39.6 Å². The highest BCUT2D eigenvalue weighted by molar-refractivity contribution is 8.00. The molecule has 5 fully saturated rings. The fourth-order valence-electron chi connectivity index (χ4n) is 9.05. The van der Waals surface area contributed by atoms with Gasteiger partial charge in [0.15, 0.2) is 11.5 Å². The molecule has 3 aliphatic heterocycles. The summed E-state index contributed by atoms with van der Waals surface area (Å²) in [7, 11) is 0.